The third kappa shape index (κ3) is 3.74. The highest BCUT2D eigenvalue weighted by Gasteiger charge is 2.10. The summed E-state index contributed by atoms with van der Waals surface area (Å²) in [6.07, 6.45) is -0.158. The Kier molecular flexibility index (Phi) is 4.49. The van der Waals surface area contributed by atoms with Crippen molar-refractivity contribution in [3.63, 3.8) is 0 Å². The molecule has 0 radical (unpaired) electrons. The van der Waals surface area contributed by atoms with Crippen molar-refractivity contribution in [1.29, 1.82) is 0 Å². The Balaban J connectivity index is 2.10. The van der Waals surface area contributed by atoms with Crippen LogP contribution in [0, 0.1) is 13.7 Å². The van der Waals surface area contributed by atoms with Gasteiger partial charge >= 0.3 is 0 Å². The Morgan fingerprint density at radius 1 is 1.21 bits per heavy atom. The molecule has 0 saturated carbocycles. The molecule has 0 saturated heterocycles. The summed E-state index contributed by atoms with van der Waals surface area (Å²) in [5, 5.41) is 20.7. The Morgan fingerprint density at radius 3 is 2.47 bits per heavy atom. The molecule has 5 heteroatoms. The molecular weight excluding hydrogens is 357 g/mol. The van der Waals surface area contributed by atoms with E-state index in [4.69, 9.17) is 0 Å². The molecule has 0 aliphatic rings. The summed E-state index contributed by atoms with van der Waals surface area (Å²) in [5.41, 5.74) is 1.79. The minimum absolute atomic E-state index is 0.0625. The number of nitrogens with zero attached hydrogens (tertiary/aromatic N) is 1. The lowest BCUT2D eigenvalue weighted by molar-refractivity contribution is -0.384. The summed E-state index contributed by atoms with van der Waals surface area (Å²) >= 11 is 2.20. The SMILES string of the molecule is O=[N+]([O-])c1ccc(CC(O)c2cccc(I)c2)cc1. The van der Waals surface area contributed by atoms with E-state index >= 15 is 0 Å². The molecule has 98 valence electrons. The molecule has 19 heavy (non-hydrogen) atoms. The van der Waals surface area contributed by atoms with Crippen molar-refractivity contribution in [3.8, 4) is 0 Å². The number of non-ortho nitro benzene ring substituents is 1. The van der Waals surface area contributed by atoms with E-state index in [1.165, 1.54) is 12.1 Å². The van der Waals surface area contributed by atoms with Crippen LogP contribution in [-0.4, -0.2) is 10.0 Å². The van der Waals surface area contributed by atoms with Crippen LogP contribution in [0.2, 0.25) is 0 Å². The maximum atomic E-state index is 10.5. The lowest BCUT2D eigenvalue weighted by atomic mass is 10.0. The number of halogens is 1. The lowest BCUT2D eigenvalue weighted by Crippen LogP contribution is -2.02. The van der Waals surface area contributed by atoms with E-state index in [1.807, 2.05) is 24.3 Å². The van der Waals surface area contributed by atoms with Crippen LogP contribution in [0.4, 0.5) is 5.69 Å². The molecule has 2 rings (SSSR count). The van der Waals surface area contributed by atoms with E-state index in [1.54, 1.807) is 12.1 Å². The molecule has 0 heterocycles. The molecule has 0 fully saturated rings. The largest absolute Gasteiger partial charge is 0.388 e. The van der Waals surface area contributed by atoms with Gasteiger partial charge in [-0.3, -0.25) is 10.1 Å². The van der Waals surface area contributed by atoms with E-state index in [0.717, 1.165) is 14.7 Å². The number of nitro benzene ring substituents is 1. The number of hydrogen-bond acceptors (Lipinski definition) is 3. The lowest BCUT2D eigenvalue weighted by Gasteiger charge is -2.11. The van der Waals surface area contributed by atoms with Crippen LogP contribution >= 0.6 is 22.6 Å². The second kappa shape index (κ2) is 6.12. The number of aliphatic hydroxyl groups is 1. The van der Waals surface area contributed by atoms with E-state index in [9.17, 15) is 15.2 Å². The molecular formula is C14H12INO3. The molecule has 2 aromatic rings. The van der Waals surface area contributed by atoms with Crippen LogP contribution in [0.1, 0.15) is 17.2 Å². The monoisotopic (exact) mass is 369 g/mol. The normalized spacial score (nSPS) is 12.1. The van der Waals surface area contributed by atoms with Crippen LogP contribution in [-0.2, 0) is 6.42 Å². The first-order valence-electron chi connectivity index (χ1n) is 5.73. The van der Waals surface area contributed by atoms with Crippen molar-refractivity contribution in [3.05, 3.63) is 73.3 Å². The Hall–Kier alpha value is -1.47. The van der Waals surface area contributed by atoms with Gasteiger partial charge in [-0.25, -0.2) is 0 Å². The number of aliphatic hydroxyl groups excluding tert-OH is 1. The minimum Gasteiger partial charge on any atom is -0.388 e. The van der Waals surface area contributed by atoms with Crippen LogP contribution in [0.25, 0.3) is 0 Å². The Labute approximate surface area is 124 Å². The molecule has 0 spiro atoms. The topological polar surface area (TPSA) is 63.4 Å². The number of hydrogen-bond donors (Lipinski definition) is 1. The number of nitro groups is 1. The fourth-order valence-electron chi connectivity index (χ4n) is 1.81. The molecule has 0 aliphatic heterocycles. The first-order valence-corrected chi connectivity index (χ1v) is 6.81. The average molecular weight is 369 g/mol. The van der Waals surface area contributed by atoms with E-state index in [2.05, 4.69) is 22.6 Å². The van der Waals surface area contributed by atoms with Gasteiger partial charge in [-0.15, -0.1) is 0 Å². The van der Waals surface area contributed by atoms with Crippen LogP contribution in [0.5, 0.6) is 0 Å². The van der Waals surface area contributed by atoms with Gasteiger partial charge in [-0.2, -0.15) is 0 Å². The summed E-state index contributed by atoms with van der Waals surface area (Å²) in [7, 11) is 0. The maximum absolute atomic E-state index is 10.5. The Morgan fingerprint density at radius 2 is 1.89 bits per heavy atom. The summed E-state index contributed by atoms with van der Waals surface area (Å²) < 4.78 is 1.07. The van der Waals surface area contributed by atoms with E-state index in [-0.39, 0.29) is 5.69 Å². The molecule has 4 nitrogen and oxygen atoms in total. The van der Waals surface area contributed by atoms with Gasteiger partial charge in [0, 0.05) is 22.1 Å². The highest BCUT2D eigenvalue weighted by molar-refractivity contribution is 14.1. The van der Waals surface area contributed by atoms with Gasteiger partial charge in [0.1, 0.15) is 0 Å². The predicted octanol–water partition coefficient (Wildman–Crippen LogP) is 3.48. The van der Waals surface area contributed by atoms with Gasteiger partial charge in [-0.1, -0.05) is 24.3 Å². The predicted molar refractivity (Wildman–Crippen MR) is 80.9 cm³/mol. The van der Waals surface area contributed by atoms with Crippen molar-refractivity contribution in [1.82, 2.24) is 0 Å². The standard InChI is InChI=1S/C14H12INO3/c15-12-3-1-2-11(9-12)14(17)8-10-4-6-13(7-5-10)16(18)19/h1-7,9,14,17H,8H2. The molecule has 0 aliphatic carbocycles. The third-order valence-corrected chi connectivity index (χ3v) is 3.48. The van der Waals surface area contributed by atoms with Crippen molar-refractivity contribution in [2.75, 3.05) is 0 Å². The van der Waals surface area contributed by atoms with Gasteiger partial charge in [0.05, 0.1) is 11.0 Å². The zero-order chi connectivity index (χ0) is 13.8. The number of rotatable bonds is 4. The van der Waals surface area contributed by atoms with Crippen LogP contribution in [0.3, 0.4) is 0 Å². The average Bonchev–Trinajstić information content (AvgIpc) is 2.39. The van der Waals surface area contributed by atoms with Gasteiger partial charge < -0.3 is 5.11 Å². The summed E-state index contributed by atoms with van der Waals surface area (Å²) in [5.74, 6) is 0. The quantitative estimate of drug-likeness (QED) is 0.510. The van der Waals surface area contributed by atoms with E-state index < -0.39 is 11.0 Å². The highest BCUT2D eigenvalue weighted by atomic mass is 127. The third-order valence-electron chi connectivity index (χ3n) is 2.81. The highest BCUT2D eigenvalue weighted by Crippen LogP contribution is 2.21. The van der Waals surface area contributed by atoms with Crippen molar-refractivity contribution >= 4 is 28.3 Å². The van der Waals surface area contributed by atoms with Crippen LogP contribution in [0.15, 0.2) is 48.5 Å². The zero-order valence-electron chi connectivity index (χ0n) is 9.99. The molecule has 2 aromatic carbocycles. The van der Waals surface area contributed by atoms with Crippen molar-refractivity contribution < 1.29 is 10.0 Å². The van der Waals surface area contributed by atoms with Gasteiger partial charge in [-0.05, 0) is 45.9 Å². The molecule has 1 N–H and O–H groups in total. The minimum atomic E-state index is -0.601. The molecule has 0 aromatic heterocycles. The summed E-state index contributed by atoms with van der Waals surface area (Å²) in [6.45, 7) is 0. The first-order chi connectivity index (χ1) is 9.06. The van der Waals surface area contributed by atoms with Gasteiger partial charge in [0.2, 0.25) is 0 Å². The second-order valence-electron chi connectivity index (χ2n) is 4.20. The van der Waals surface area contributed by atoms with Crippen molar-refractivity contribution in [2.45, 2.75) is 12.5 Å². The van der Waals surface area contributed by atoms with E-state index in [0.29, 0.717) is 6.42 Å². The molecule has 1 unspecified atom stereocenters. The summed E-state index contributed by atoms with van der Waals surface area (Å²) in [4.78, 5) is 10.1. The van der Waals surface area contributed by atoms with Gasteiger partial charge in [0.25, 0.3) is 5.69 Å². The summed E-state index contributed by atoms with van der Waals surface area (Å²) in [6, 6.07) is 13.9. The smallest absolute Gasteiger partial charge is 0.269 e. The molecule has 0 amide bonds. The fourth-order valence-corrected chi connectivity index (χ4v) is 2.38. The number of benzene rings is 2. The fraction of sp³-hybridized carbons (Fsp3) is 0.143. The molecule has 1 atom stereocenters. The van der Waals surface area contributed by atoms with Gasteiger partial charge in [0.15, 0.2) is 0 Å². The second-order valence-corrected chi connectivity index (χ2v) is 5.44. The van der Waals surface area contributed by atoms with Crippen LogP contribution < -0.4 is 0 Å². The zero-order valence-corrected chi connectivity index (χ0v) is 12.1. The maximum Gasteiger partial charge on any atom is 0.269 e. The van der Waals surface area contributed by atoms with Crippen molar-refractivity contribution in [2.24, 2.45) is 0 Å². The first kappa shape index (κ1) is 14.0. The Bertz CT molecular complexity index is 583. The molecule has 0 bridgehead atoms.